The van der Waals surface area contributed by atoms with Gasteiger partial charge in [-0.05, 0) is 31.2 Å². The van der Waals surface area contributed by atoms with Crippen LogP contribution in [0.1, 0.15) is 12.0 Å². The SMILES string of the molecule is O=C(O)C1=C(N2CCCNCC2)O/C(=C\c2c[nH]c3ncccc23)C1=O. The Kier molecular flexibility index (Phi) is 4.18. The topological polar surface area (TPSA) is 108 Å². The smallest absolute Gasteiger partial charge is 0.345 e. The number of carboxylic acid groups (broad SMARTS) is 1. The Balaban J connectivity index is 1.70. The van der Waals surface area contributed by atoms with E-state index in [0.717, 1.165) is 23.9 Å². The van der Waals surface area contributed by atoms with Crippen molar-refractivity contribution in [3.8, 4) is 0 Å². The van der Waals surface area contributed by atoms with Crippen LogP contribution in [-0.4, -0.2) is 57.9 Å². The molecule has 2 aliphatic heterocycles. The molecule has 0 amide bonds. The highest BCUT2D eigenvalue weighted by Gasteiger charge is 2.38. The second-order valence-electron chi connectivity index (χ2n) is 6.16. The molecule has 3 N–H and O–H groups in total. The first-order valence-electron chi connectivity index (χ1n) is 8.45. The van der Waals surface area contributed by atoms with Gasteiger partial charge in [-0.2, -0.15) is 0 Å². The van der Waals surface area contributed by atoms with E-state index in [2.05, 4.69) is 15.3 Å². The van der Waals surface area contributed by atoms with Crippen molar-refractivity contribution in [2.75, 3.05) is 26.2 Å². The fourth-order valence-electron chi connectivity index (χ4n) is 3.21. The third-order valence-electron chi connectivity index (χ3n) is 4.48. The first-order chi connectivity index (χ1) is 12.6. The minimum absolute atomic E-state index is 0.0133. The highest BCUT2D eigenvalue weighted by molar-refractivity contribution is 6.26. The van der Waals surface area contributed by atoms with Gasteiger partial charge in [0.2, 0.25) is 11.7 Å². The number of carboxylic acids is 1. The van der Waals surface area contributed by atoms with E-state index in [1.54, 1.807) is 24.5 Å². The van der Waals surface area contributed by atoms with Gasteiger partial charge in [0.25, 0.3) is 0 Å². The molecule has 2 aliphatic rings. The average Bonchev–Trinajstić information content (AvgIpc) is 3.05. The van der Waals surface area contributed by atoms with E-state index in [4.69, 9.17) is 4.74 Å². The Morgan fingerprint density at radius 3 is 3.08 bits per heavy atom. The van der Waals surface area contributed by atoms with Crippen LogP contribution in [0, 0.1) is 0 Å². The molecule has 0 bridgehead atoms. The number of aromatic amines is 1. The van der Waals surface area contributed by atoms with Crippen LogP contribution >= 0.6 is 0 Å². The van der Waals surface area contributed by atoms with Crippen molar-refractivity contribution in [2.45, 2.75) is 6.42 Å². The quantitative estimate of drug-likeness (QED) is 0.559. The van der Waals surface area contributed by atoms with Crippen LogP contribution in [0.3, 0.4) is 0 Å². The number of ether oxygens (including phenoxy) is 1. The Bertz CT molecular complexity index is 936. The summed E-state index contributed by atoms with van der Waals surface area (Å²) in [5, 5.41) is 13.6. The van der Waals surface area contributed by atoms with Crippen LogP contribution in [0.2, 0.25) is 0 Å². The van der Waals surface area contributed by atoms with E-state index in [-0.39, 0.29) is 17.2 Å². The van der Waals surface area contributed by atoms with Crippen LogP contribution in [0.5, 0.6) is 0 Å². The normalized spacial score (nSPS) is 19.9. The first kappa shape index (κ1) is 16.3. The number of fused-ring (bicyclic) bond motifs is 1. The Morgan fingerprint density at radius 1 is 1.35 bits per heavy atom. The lowest BCUT2D eigenvalue weighted by Gasteiger charge is -2.22. The van der Waals surface area contributed by atoms with Crippen molar-refractivity contribution >= 4 is 28.9 Å². The predicted molar refractivity (Wildman–Crippen MR) is 93.9 cm³/mol. The number of ketones is 1. The van der Waals surface area contributed by atoms with Gasteiger partial charge in [-0.1, -0.05) is 0 Å². The van der Waals surface area contributed by atoms with Gasteiger partial charge in [0, 0.05) is 43.0 Å². The molecule has 134 valence electrons. The number of hydrogen-bond donors (Lipinski definition) is 3. The fourth-order valence-corrected chi connectivity index (χ4v) is 3.21. The highest BCUT2D eigenvalue weighted by Crippen LogP contribution is 2.30. The van der Waals surface area contributed by atoms with Crippen LogP contribution in [0.25, 0.3) is 17.1 Å². The summed E-state index contributed by atoms with van der Waals surface area (Å²) in [5.74, 6) is -1.73. The Labute approximate surface area is 149 Å². The molecule has 2 aromatic heterocycles. The first-order valence-corrected chi connectivity index (χ1v) is 8.45. The van der Waals surface area contributed by atoms with Crippen molar-refractivity contribution < 1.29 is 19.4 Å². The molecule has 4 heterocycles. The maximum Gasteiger partial charge on any atom is 0.345 e. The van der Waals surface area contributed by atoms with Gasteiger partial charge >= 0.3 is 5.97 Å². The number of nitrogens with one attached hydrogen (secondary N) is 2. The molecule has 4 rings (SSSR count). The fraction of sp³-hybridized carbons (Fsp3) is 0.278. The molecule has 8 heteroatoms. The second kappa shape index (κ2) is 6.64. The average molecular weight is 354 g/mol. The number of carbonyl (C=O) groups is 2. The molecular formula is C18H18N4O4. The molecule has 0 atom stereocenters. The number of Topliss-reactive ketones (excluding diaryl/α,β-unsaturated/α-hetero) is 1. The van der Waals surface area contributed by atoms with Gasteiger partial charge < -0.3 is 25.0 Å². The van der Waals surface area contributed by atoms with Gasteiger partial charge in [-0.25, -0.2) is 9.78 Å². The zero-order chi connectivity index (χ0) is 18.1. The summed E-state index contributed by atoms with van der Waals surface area (Å²) in [7, 11) is 0. The van der Waals surface area contributed by atoms with Crippen molar-refractivity contribution in [2.24, 2.45) is 0 Å². The Hall–Kier alpha value is -3.13. The minimum atomic E-state index is -1.27. The molecule has 0 radical (unpaired) electrons. The zero-order valence-electron chi connectivity index (χ0n) is 14.0. The van der Waals surface area contributed by atoms with Crippen molar-refractivity contribution in [1.29, 1.82) is 0 Å². The van der Waals surface area contributed by atoms with Crippen molar-refractivity contribution in [3.05, 3.63) is 47.3 Å². The summed E-state index contributed by atoms with van der Waals surface area (Å²) in [5.41, 5.74) is 1.10. The van der Waals surface area contributed by atoms with Crippen LogP contribution in [0.15, 0.2) is 41.7 Å². The highest BCUT2D eigenvalue weighted by atomic mass is 16.5. The molecule has 8 nitrogen and oxygen atoms in total. The van der Waals surface area contributed by atoms with Gasteiger partial charge in [-0.3, -0.25) is 4.79 Å². The summed E-state index contributed by atoms with van der Waals surface area (Å²) in [6, 6.07) is 3.67. The molecule has 26 heavy (non-hydrogen) atoms. The van der Waals surface area contributed by atoms with Gasteiger partial charge in [0.1, 0.15) is 5.65 Å². The minimum Gasteiger partial charge on any atom is -0.477 e. The van der Waals surface area contributed by atoms with Gasteiger partial charge in [0.15, 0.2) is 11.3 Å². The van der Waals surface area contributed by atoms with Crippen LogP contribution in [0.4, 0.5) is 0 Å². The lowest BCUT2D eigenvalue weighted by Crippen LogP contribution is -2.29. The third kappa shape index (κ3) is 2.84. The summed E-state index contributed by atoms with van der Waals surface area (Å²) in [6.07, 6.45) is 5.80. The van der Waals surface area contributed by atoms with E-state index in [0.29, 0.717) is 25.3 Å². The van der Waals surface area contributed by atoms with Crippen LogP contribution in [-0.2, 0) is 14.3 Å². The number of rotatable bonds is 3. The molecule has 0 aliphatic carbocycles. The van der Waals surface area contributed by atoms with E-state index in [1.165, 1.54) is 0 Å². The standard InChI is InChI=1S/C18H18N4O4/c23-15-13(9-11-10-21-16-12(11)3-1-5-20-16)26-17(14(15)18(24)25)22-7-2-4-19-6-8-22/h1,3,5,9-10,19H,2,4,6-8H2,(H,20,21)(H,24,25)/b13-9-. The van der Waals surface area contributed by atoms with E-state index in [9.17, 15) is 14.7 Å². The molecule has 0 spiro atoms. The predicted octanol–water partition coefficient (Wildman–Crippen LogP) is 1.09. The summed E-state index contributed by atoms with van der Waals surface area (Å²) < 4.78 is 5.74. The molecule has 0 saturated carbocycles. The summed E-state index contributed by atoms with van der Waals surface area (Å²) in [4.78, 5) is 33.4. The number of hydrogen-bond acceptors (Lipinski definition) is 6. The van der Waals surface area contributed by atoms with E-state index < -0.39 is 11.8 Å². The van der Waals surface area contributed by atoms with Crippen molar-refractivity contribution in [1.82, 2.24) is 20.2 Å². The maximum atomic E-state index is 12.6. The molecule has 0 aromatic carbocycles. The number of allylic oxidation sites excluding steroid dienone is 1. The lowest BCUT2D eigenvalue weighted by atomic mass is 10.1. The largest absolute Gasteiger partial charge is 0.477 e. The maximum absolute atomic E-state index is 12.6. The number of pyridine rings is 1. The Morgan fingerprint density at radius 2 is 2.23 bits per heavy atom. The number of aliphatic carboxylic acids is 1. The monoisotopic (exact) mass is 354 g/mol. The number of nitrogens with zero attached hydrogens (tertiary/aromatic N) is 2. The van der Waals surface area contributed by atoms with Crippen molar-refractivity contribution in [3.63, 3.8) is 0 Å². The molecule has 1 saturated heterocycles. The molecule has 2 aromatic rings. The number of aromatic nitrogens is 2. The zero-order valence-corrected chi connectivity index (χ0v) is 14.0. The summed E-state index contributed by atoms with van der Waals surface area (Å²) in [6.45, 7) is 2.78. The molecule has 1 fully saturated rings. The van der Waals surface area contributed by atoms with E-state index >= 15 is 0 Å². The second-order valence-corrected chi connectivity index (χ2v) is 6.16. The third-order valence-corrected chi connectivity index (χ3v) is 4.48. The molecular weight excluding hydrogens is 336 g/mol. The van der Waals surface area contributed by atoms with E-state index in [1.807, 2.05) is 11.0 Å². The number of H-pyrrole nitrogens is 1. The lowest BCUT2D eigenvalue weighted by molar-refractivity contribution is -0.134. The number of carbonyl (C=O) groups excluding carboxylic acids is 1. The van der Waals surface area contributed by atoms with Crippen LogP contribution < -0.4 is 5.32 Å². The van der Waals surface area contributed by atoms with Gasteiger partial charge in [0.05, 0.1) is 0 Å². The molecule has 0 unspecified atom stereocenters. The summed E-state index contributed by atoms with van der Waals surface area (Å²) >= 11 is 0. The van der Waals surface area contributed by atoms with Gasteiger partial charge in [-0.15, -0.1) is 0 Å².